The molecular formula is C30H29F9O7. The average Bonchev–Trinajstić information content (AvgIpc) is 3.34. The van der Waals surface area contributed by atoms with E-state index >= 15 is 0 Å². The van der Waals surface area contributed by atoms with Crippen LogP contribution in [0.2, 0.25) is 0 Å². The molecule has 0 N–H and O–H groups in total. The van der Waals surface area contributed by atoms with E-state index in [2.05, 4.69) is 25.5 Å². The van der Waals surface area contributed by atoms with Crippen molar-refractivity contribution in [1.82, 2.24) is 0 Å². The molecule has 0 radical (unpaired) electrons. The number of hydrogen-bond donors (Lipinski definition) is 0. The first kappa shape index (κ1) is 36.5. The number of alkyl halides is 9. The molecule has 0 amide bonds. The van der Waals surface area contributed by atoms with E-state index in [1.807, 2.05) is 6.92 Å². The van der Waals surface area contributed by atoms with E-state index in [1.54, 1.807) is 6.07 Å². The van der Waals surface area contributed by atoms with Crippen molar-refractivity contribution < 1.29 is 72.4 Å². The van der Waals surface area contributed by atoms with Crippen molar-refractivity contribution in [1.29, 1.82) is 0 Å². The van der Waals surface area contributed by atoms with E-state index in [4.69, 9.17) is 9.15 Å². The third-order valence-corrected chi connectivity index (χ3v) is 6.10. The zero-order valence-electron chi connectivity index (χ0n) is 24.2. The monoisotopic (exact) mass is 672 g/mol. The highest BCUT2D eigenvalue weighted by molar-refractivity contribution is 5.85. The predicted octanol–water partition coefficient (Wildman–Crippen LogP) is 9.39. The SMILES string of the molecule is C=CC(=O)OCCC(F)(F)OC(F)(F)OC(F)(F)CCOc1ccc2cc(-c3ccc(CCCCC)cc3OC(F)(F)F)oc2c1. The first-order chi connectivity index (χ1) is 21.4. The minimum absolute atomic E-state index is 0.00136. The second kappa shape index (κ2) is 15.1. The molecule has 1 aromatic heterocycles. The maximum absolute atomic E-state index is 14.0. The van der Waals surface area contributed by atoms with E-state index in [1.165, 1.54) is 36.4 Å². The number of benzene rings is 2. The van der Waals surface area contributed by atoms with Gasteiger partial charge in [0.2, 0.25) is 0 Å². The van der Waals surface area contributed by atoms with Crippen LogP contribution in [0.3, 0.4) is 0 Å². The van der Waals surface area contributed by atoms with Crippen molar-refractivity contribution in [3.63, 3.8) is 0 Å². The van der Waals surface area contributed by atoms with Gasteiger partial charge in [0.25, 0.3) is 0 Å². The van der Waals surface area contributed by atoms with Gasteiger partial charge in [-0.2, -0.15) is 17.6 Å². The smallest absolute Gasteiger partial charge is 0.493 e. The van der Waals surface area contributed by atoms with Gasteiger partial charge in [0, 0.05) is 17.5 Å². The van der Waals surface area contributed by atoms with Crippen LogP contribution in [0, 0.1) is 0 Å². The first-order valence-corrected chi connectivity index (χ1v) is 13.8. The highest BCUT2D eigenvalue weighted by atomic mass is 19.4. The lowest BCUT2D eigenvalue weighted by molar-refractivity contribution is -0.514. The normalized spacial score (nSPS) is 12.7. The van der Waals surface area contributed by atoms with Crippen LogP contribution >= 0.6 is 0 Å². The van der Waals surface area contributed by atoms with Crippen molar-refractivity contribution in [2.24, 2.45) is 0 Å². The van der Waals surface area contributed by atoms with Crippen molar-refractivity contribution in [3.05, 3.63) is 60.7 Å². The molecule has 0 atom stereocenters. The number of hydrogen-bond acceptors (Lipinski definition) is 7. The average molecular weight is 673 g/mol. The number of ether oxygens (including phenoxy) is 5. The Labute approximate surface area is 256 Å². The Balaban J connectivity index is 1.64. The largest absolute Gasteiger partial charge is 0.573 e. The Morgan fingerprint density at radius 2 is 1.54 bits per heavy atom. The van der Waals surface area contributed by atoms with Crippen molar-refractivity contribution in [2.45, 2.75) is 70.3 Å². The summed E-state index contributed by atoms with van der Waals surface area (Å²) >= 11 is 0. The molecule has 3 rings (SSSR count). The van der Waals surface area contributed by atoms with E-state index in [0.717, 1.165) is 19.3 Å². The molecule has 0 aliphatic heterocycles. The topological polar surface area (TPSA) is 76.4 Å². The zero-order chi connectivity index (χ0) is 34.2. The molecule has 254 valence electrons. The third kappa shape index (κ3) is 11.8. The molecule has 0 saturated heterocycles. The Kier molecular flexibility index (Phi) is 12.0. The molecule has 3 aromatic rings. The Hall–Kier alpha value is -3.92. The lowest BCUT2D eigenvalue weighted by Gasteiger charge is -2.26. The summed E-state index contributed by atoms with van der Waals surface area (Å²) in [4.78, 5) is 10.8. The van der Waals surface area contributed by atoms with Gasteiger partial charge in [-0.05, 0) is 48.7 Å². The second-order valence-electron chi connectivity index (χ2n) is 9.81. The minimum atomic E-state index is -5.44. The fraction of sp³-hybridized carbons (Fsp3) is 0.433. The third-order valence-electron chi connectivity index (χ3n) is 6.10. The van der Waals surface area contributed by atoms with E-state index in [-0.39, 0.29) is 22.7 Å². The molecule has 0 unspecified atom stereocenters. The number of unbranched alkanes of at least 4 members (excludes halogenated alkanes) is 2. The van der Waals surface area contributed by atoms with Crippen LogP contribution in [-0.4, -0.2) is 44.1 Å². The summed E-state index contributed by atoms with van der Waals surface area (Å²) in [6.07, 6.45) is -19.2. The lowest BCUT2D eigenvalue weighted by Crippen LogP contribution is -2.41. The summed E-state index contributed by atoms with van der Waals surface area (Å²) < 4.78 is 148. The summed E-state index contributed by atoms with van der Waals surface area (Å²) in [5.41, 5.74) is 0.716. The number of esters is 1. The number of carbonyl (C=O) groups is 1. The molecule has 46 heavy (non-hydrogen) atoms. The molecule has 7 nitrogen and oxygen atoms in total. The predicted molar refractivity (Wildman–Crippen MR) is 144 cm³/mol. The van der Waals surface area contributed by atoms with Gasteiger partial charge in [0.05, 0.1) is 31.6 Å². The fourth-order valence-electron chi connectivity index (χ4n) is 4.04. The van der Waals surface area contributed by atoms with Crippen LogP contribution in [-0.2, 0) is 25.4 Å². The minimum Gasteiger partial charge on any atom is -0.493 e. The lowest BCUT2D eigenvalue weighted by atomic mass is 10.0. The number of fused-ring (bicyclic) bond motifs is 1. The molecule has 0 spiro atoms. The van der Waals surface area contributed by atoms with E-state index in [9.17, 15) is 44.3 Å². The summed E-state index contributed by atoms with van der Waals surface area (Å²) in [5, 5.41) is 0.401. The highest BCUT2D eigenvalue weighted by Crippen LogP contribution is 2.39. The standard InChI is InChI=1S/C30H29F9O7/c1-3-5-6-7-19-8-11-22(25(16-19)44-29(35,36)37)24-17-20-9-10-21(18-23(20)43-24)41-14-12-27(31,32)45-30(38,39)46-28(33,34)13-15-42-26(40)4-2/h4,8-11,16-18H,2-3,5-7,12-15H2,1H3. The number of halogens is 9. The maximum atomic E-state index is 14.0. The Morgan fingerprint density at radius 3 is 2.17 bits per heavy atom. The molecule has 2 aromatic carbocycles. The highest BCUT2D eigenvalue weighted by Gasteiger charge is 2.52. The van der Waals surface area contributed by atoms with Gasteiger partial charge < -0.3 is 18.6 Å². The van der Waals surface area contributed by atoms with Gasteiger partial charge >= 0.3 is 30.8 Å². The van der Waals surface area contributed by atoms with Crippen LogP contribution < -0.4 is 9.47 Å². The van der Waals surface area contributed by atoms with E-state index < -0.39 is 62.6 Å². The van der Waals surface area contributed by atoms with Crippen molar-refractivity contribution in [3.8, 4) is 22.8 Å². The van der Waals surface area contributed by atoms with Crippen LogP contribution in [0.5, 0.6) is 11.5 Å². The molecular weight excluding hydrogens is 643 g/mol. The summed E-state index contributed by atoms with van der Waals surface area (Å²) in [6.45, 7) is 2.97. The Bertz CT molecular complexity index is 1470. The quantitative estimate of drug-likeness (QED) is 0.0438. The van der Waals surface area contributed by atoms with Crippen LogP contribution in [0.1, 0.15) is 44.6 Å². The van der Waals surface area contributed by atoms with Gasteiger partial charge in [0.1, 0.15) is 22.8 Å². The van der Waals surface area contributed by atoms with Crippen molar-refractivity contribution >= 4 is 16.9 Å². The number of aryl methyl sites for hydroxylation is 1. The Morgan fingerprint density at radius 1 is 0.870 bits per heavy atom. The number of rotatable bonds is 18. The second-order valence-corrected chi connectivity index (χ2v) is 9.81. The van der Waals surface area contributed by atoms with Crippen LogP contribution in [0.4, 0.5) is 39.5 Å². The van der Waals surface area contributed by atoms with Gasteiger partial charge in [0.15, 0.2) is 0 Å². The van der Waals surface area contributed by atoms with Crippen molar-refractivity contribution in [2.75, 3.05) is 13.2 Å². The molecule has 0 aliphatic carbocycles. The molecule has 1 heterocycles. The fourth-order valence-corrected chi connectivity index (χ4v) is 4.04. The summed E-state index contributed by atoms with van der Waals surface area (Å²) in [5.74, 6) is -1.69. The number of furan rings is 1. The molecule has 0 bridgehead atoms. The first-order valence-electron chi connectivity index (χ1n) is 13.8. The van der Waals surface area contributed by atoms with Crippen LogP contribution in [0.15, 0.2) is 59.5 Å². The van der Waals surface area contributed by atoms with Gasteiger partial charge in [-0.3, -0.25) is 0 Å². The van der Waals surface area contributed by atoms with E-state index in [0.29, 0.717) is 23.4 Å². The van der Waals surface area contributed by atoms with Gasteiger partial charge in [-0.15, -0.1) is 22.0 Å². The molecule has 0 saturated carbocycles. The van der Waals surface area contributed by atoms with Crippen LogP contribution in [0.25, 0.3) is 22.3 Å². The summed E-state index contributed by atoms with van der Waals surface area (Å²) in [6, 6.07) is 9.70. The summed E-state index contributed by atoms with van der Waals surface area (Å²) in [7, 11) is 0. The molecule has 0 aliphatic rings. The number of carbonyl (C=O) groups excluding carboxylic acids is 1. The van der Waals surface area contributed by atoms with Gasteiger partial charge in [-0.1, -0.05) is 32.4 Å². The zero-order valence-corrected chi connectivity index (χ0v) is 24.2. The van der Waals surface area contributed by atoms with Gasteiger partial charge in [-0.25, -0.2) is 14.3 Å². The maximum Gasteiger partial charge on any atom is 0.573 e. The molecule has 16 heteroatoms. The molecule has 0 fully saturated rings.